The summed E-state index contributed by atoms with van der Waals surface area (Å²) in [7, 11) is 1.52. The summed E-state index contributed by atoms with van der Waals surface area (Å²) in [5.41, 5.74) is 4.17. The molecular weight excluding hydrogens is 328 g/mol. The molecule has 0 saturated carbocycles. The second-order valence-electron chi connectivity index (χ2n) is 5.99. The van der Waals surface area contributed by atoms with Gasteiger partial charge in [0.05, 0.1) is 29.2 Å². The molecule has 0 radical (unpaired) electrons. The van der Waals surface area contributed by atoms with E-state index in [0.29, 0.717) is 11.6 Å². The van der Waals surface area contributed by atoms with Crippen LogP contribution in [0.5, 0.6) is 11.5 Å². The number of aromatic nitrogens is 4. The summed E-state index contributed by atoms with van der Waals surface area (Å²) in [6, 6.07) is 13.0. The van der Waals surface area contributed by atoms with Crippen molar-refractivity contribution in [2.75, 3.05) is 7.11 Å². The first-order valence-corrected chi connectivity index (χ1v) is 8.15. The zero-order chi connectivity index (χ0) is 17.7. The van der Waals surface area contributed by atoms with Crippen LogP contribution >= 0.6 is 0 Å². The molecule has 0 spiro atoms. The largest absolute Gasteiger partial charge is 0.504 e. The molecule has 0 aliphatic rings. The maximum absolute atomic E-state index is 10.1. The molecule has 5 aromatic rings. The van der Waals surface area contributed by atoms with Crippen LogP contribution in [0.25, 0.3) is 44.2 Å². The second kappa shape index (κ2) is 5.42. The lowest BCUT2D eigenvalue weighted by atomic mass is 10.1. The average Bonchev–Trinajstić information content (AvgIpc) is 3.14. The van der Waals surface area contributed by atoms with E-state index in [2.05, 4.69) is 15.0 Å². The first-order chi connectivity index (χ1) is 12.8. The van der Waals surface area contributed by atoms with E-state index >= 15 is 0 Å². The number of methoxy groups -OCH3 is 1. The van der Waals surface area contributed by atoms with Crippen molar-refractivity contribution in [2.24, 2.45) is 0 Å². The van der Waals surface area contributed by atoms with E-state index in [4.69, 9.17) is 9.72 Å². The number of fused-ring (bicyclic) bond motifs is 6. The van der Waals surface area contributed by atoms with Gasteiger partial charge >= 0.3 is 0 Å². The number of phenolic OH excluding ortho intramolecular Hbond substituents is 1. The first-order valence-electron chi connectivity index (χ1n) is 8.15. The lowest BCUT2D eigenvalue weighted by molar-refractivity contribution is 0.373. The van der Waals surface area contributed by atoms with Crippen LogP contribution in [-0.2, 0) is 0 Å². The molecule has 6 heteroatoms. The predicted molar refractivity (Wildman–Crippen MR) is 100 cm³/mol. The first kappa shape index (κ1) is 14.7. The van der Waals surface area contributed by atoms with Gasteiger partial charge in [-0.3, -0.25) is 9.97 Å². The number of hydrogen-bond acceptors (Lipinski definition) is 5. The van der Waals surface area contributed by atoms with E-state index in [-0.39, 0.29) is 5.75 Å². The van der Waals surface area contributed by atoms with Crippen LogP contribution in [0, 0.1) is 0 Å². The molecule has 0 unspecified atom stereocenters. The lowest BCUT2D eigenvalue weighted by Gasteiger charge is -2.04. The fourth-order valence-corrected chi connectivity index (χ4v) is 3.32. The van der Waals surface area contributed by atoms with E-state index < -0.39 is 0 Å². The molecule has 6 nitrogen and oxygen atoms in total. The predicted octanol–water partition coefficient (Wildman–Crippen LogP) is 4.04. The Morgan fingerprint density at radius 2 is 1.65 bits per heavy atom. The van der Waals surface area contributed by atoms with Crippen molar-refractivity contribution < 1.29 is 9.84 Å². The zero-order valence-electron chi connectivity index (χ0n) is 13.9. The smallest absolute Gasteiger partial charge is 0.160 e. The van der Waals surface area contributed by atoms with Crippen LogP contribution in [0.15, 0.2) is 54.9 Å². The quantitative estimate of drug-likeness (QED) is 0.473. The van der Waals surface area contributed by atoms with Gasteiger partial charge in [-0.05, 0) is 42.5 Å². The maximum Gasteiger partial charge on any atom is 0.160 e. The molecule has 0 fully saturated rings. The Bertz CT molecular complexity index is 1220. The number of aromatic amines is 1. The molecule has 2 N–H and O–H groups in total. The molecule has 126 valence electrons. The Morgan fingerprint density at radius 1 is 0.923 bits per heavy atom. The van der Waals surface area contributed by atoms with Crippen molar-refractivity contribution >= 4 is 32.8 Å². The average molecular weight is 342 g/mol. The van der Waals surface area contributed by atoms with Gasteiger partial charge in [0.15, 0.2) is 11.5 Å². The summed E-state index contributed by atoms with van der Waals surface area (Å²) in [4.78, 5) is 17.2. The molecule has 0 saturated heterocycles. The van der Waals surface area contributed by atoms with Crippen molar-refractivity contribution in [1.82, 2.24) is 19.9 Å². The van der Waals surface area contributed by atoms with Crippen LogP contribution < -0.4 is 4.74 Å². The number of pyridine rings is 2. The van der Waals surface area contributed by atoms with E-state index in [1.54, 1.807) is 24.5 Å². The third kappa shape index (κ3) is 2.02. The van der Waals surface area contributed by atoms with Crippen molar-refractivity contribution in [3.8, 4) is 22.9 Å². The van der Waals surface area contributed by atoms with Gasteiger partial charge < -0.3 is 14.8 Å². The molecule has 5 rings (SSSR count). The second-order valence-corrected chi connectivity index (χ2v) is 5.99. The minimum atomic E-state index is 0.0727. The monoisotopic (exact) mass is 342 g/mol. The van der Waals surface area contributed by atoms with Crippen LogP contribution in [0.2, 0.25) is 0 Å². The van der Waals surface area contributed by atoms with E-state index in [0.717, 1.165) is 38.4 Å². The third-order valence-electron chi connectivity index (χ3n) is 4.52. The molecule has 0 atom stereocenters. The van der Waals surface area contributed by atoms with Gasteiger partial charge in [0, 0.05) is 28.7 Å². The molecule has 0 bridgehead atoms. The molecule has 26 heavy (non-hydrogen) atoms. The topological polar surface area (TPSA) is 83.9 Å². The number of imidazole rings is 1. The van der Waals surface area contributed by atoms with Crippen LogP contribution in [-0.4, -0.2) is 32.2 Å². The number of nitrogens with one attached hydrogen (secondary N) is 1. The van der Waals surface area contributed by atoms with Crippen molar-refractivity contribution in [1.29, 1.82) is 0 Å². The highest BCUT2D eigenvalue weighted by molar-refractivity contribution is 6.21. The molecule has 3 aromatic heterocycles. The summed E-state index contributed by atoms with van der Waals surface area (Å²) in [5, 5.41) is 12.0. The van der Waals surface area contributed by atoms with Crippen LogP contribution in [0.4, 0.5) is 0 Å². The van der Waals surface area contributed by atoms with Crippen molar-refractivity contribution in [3.05, 3.63) is 54.9 Å². The number of ether oxygens (including phenoxy) is 1. The number of phenols is 1. The highest BCUT2D eigenvalue weighted by Gasteiger charge is 2.15. The van der Waals surface area contributed by atoms with E-state index in [9.17, 15) is 5.11 Å². The summed E-state index contributed by atoms with van der Waals surface area (Å²) in [5.74, 6) is 1.16. The normalized spacial score (nSPS) is 11.4. The van der Waals surface area contributed by atoms with Gasteiger partial charge in [-0.1, -0.05) is 0 Å². The fourth-order valence-electron chi connectivity index (χ4n) is 3.32. The Morgan fingerprint density at radius 3 is 2.38 bits per heavy atom. The van der Waals surface area contributed by atoms with Gasteiger partial charge in [-0.2, -0.15) is 0 Å². The third-order valence-corrected chi connectivity index (χ3v) is 4.52. The molecule has 0 amide bonds. The summed E-state index contributed by atoms with van der Waals surface area (Å²) in [6.07, 6.45) is 3.53. The Kier molecular flexibility index (Phi) is 3.05. The Balaban J connectivity index is 1.86. The highest BCUT2D eigenvalue weighted by atomic mass is 16.5. The van der Waals surface area contributed by atoms with Crippen LogP contribution in [0.3, 0.4) is 0 Å². The van der Waals surface area contributed by atoms with Gasteiger partial charge in [0.2, 0.25) is 0 Å². The minimum absolute atomic E-state index is 0.0727. The Labute approximate surface area is 148 Å². The van der Waals surface area contributed by atoms with Gasteiger partial charge in [0.25, 0.3) is 0 Å². The number of hydrogen-bond donors (Lipinski definition) is 2. The number of aromatic hydroxyl groups is 1. The van der Waals surface area contributed by atoms with Gasteiger partial charge in [-0.25, -0.2) is 4.98 Å². The van der Waals surface area contributed by atoms with E-state index in [1.165, 1.54) is 7.11 Å². The van der Waals surface area contributed by atoms with Crippen LogP contribution in [0.1, 0.15) is 0 Å². The summed E-state index contributed by atoms with van der Waals surface area (Å²) >= 11 is 0. The fraction of sp³-hybridized carbons (Fsp3) is 0.0500. The Hall–Kier alpha value is -3.67. The maximum atomic E-state index is 10.1. The van der Waals surface area contributed by atoms with Gasteiger partial charge in [0.1, 0.15) is 5.82 Å². The number of rotatable bonds is 2. The summed E-state index contributed by atoms with van der Waals surface area (Å²) in [6.45, 7) is 0. The highest BCUT2D eigenvalue weighted by Crippen LogP contribution is 2.35. The molecule has 0 aliphatic carbocycles. The zero-order valence-corrected chi connectivity index (χ0v) is 13.9. The molecule has 3 heterocycles. The molecule has 2 aromatic carbocycles. The number of nitrogens with zero attached hydrogens (tertiary/aromatic N) is 3. The number of H-pyrrole nitrogens is 1. The van der Waals surface area contributed by atoms with E-state index in [1.807, 2.05) is 30.3 Å². The minimum Gasteiger partial charge on any atom is -0.504 e. The lowest BCUT2D eigenvalue weighted by Crippen LogP contribution is -1.86. The van der Waals surface area contributed by atoms with Crippen molar-refractivity contribution in [2.45, 2.75) is 0 Å². The molecular formula is C20H14N4O2. The molecule has 0 aliphatic heterocycles. The summed E-state index contributed by atoms with van der Waals surface area (Å²) < 4.78 is 5.11. The SMILES string of the molecule is COc1ccc(-c2nc3c4cccnc4c4ncccc4c3[nH]2)cc1O. The van der Waals surface area contributed by atoms with Crippen molar-refractivity contribution in [3.63, 3.8) is 0 Å². The number of benzene rings is 2. The van der Waals surface area contributed by atoms with Gasteiger partial charge in [-0.15, -0.1) is 0 Å². The standard InChI is InChI=1S/C20H14N4O2/c1-26-15-7-6-11(10-14(15)25)20-23-18-12-4-2-8-21-16(12)17-13(19(18)24-20)5-3-9-22-17/h2-10,25H,1H3,(H,23,24).